The van der Waals surface area contributed by atoms with E-state index in [1.807, 2.05) is 17.0 Å². The van der Waals surface area contributed by atoms with Crippen LogP contribution in [0.25, 0.3) is 0 Å². The quantitative estimate of drug-likeness (QED) is 0.784. The topological polar surface area (TPSA) is 51.2 Å². The SMILES string of the molecule is COc1ccc(CN2CCCN(C(=O)c3cc(Cl)c4c(c3)OCO4)CC2)cc1. The number of amides is 1. The second kappa shape index (κ2) is 8.29. The van der Waals surface area contributed by atoms with Crippen molar-refractivity contribution in [3.8, 4) is 17.2 Å². The predicted molar refractivity (Wildman–Crippen MR) is 106 cm³/mol. The van der Waals surface area contributed by atoms with E-state index in [-0.39, 0.29) is 12.7 Å². The van der Waals surface area contributed by atoms with E-state index in [1.54, 1.807) is 19.2 Å². The highest BCUT2D eigenvalue weighted by atomic mass is 35.5. The molecule has 0 N–H and O–H groups in total. The lowest BCUT2D eigenvalue weighted by Crippen LogP contribution is -2.35. The van der Waals surface area contributed by atoms with E-state index in [1.165, 1.54) is 5.56 Å². The maximum atomic E-state index is 13.0. The fourth-order valence-electron chi connectivity index (χ4n) is 3.59. The molecule has 28 heavy (non-hydrogen) atoms. The Hall–Kier alpha value is -2.44. The lowest BCUT2D eigenvalue weighted by Gasteiger charge is -2.22. The van der Waals surface area contributed by atoms with E-state index < -0.39 is 0 Å². The van der Waals surface area contributed by atoms with Crippen molar-refractivity contribution in [1.82, 2.24) is 9.80 Å². The van der Waals surface area contributed by atoms with Gasteiger partial charge >= 0.3 is 0 Å². The Balaban J connectivity index is 1.39. The number of nitrogens with zero attached hydrogens (tertiary/aromatic N) is 2. The van der Waals surface area contributed by atoms with Crippen molar-refractivity contribution in [3.63, 3.8) is 0 Å². The molecule has 0 unspecified atom stereocenters. The summed E-state index contributed by atoms with van der Waals surface area (Å²) >= 11 is 6.23. The van der Waals surface area contributed by atoms with E-state index in [0.29, 0.717) is 28.6 Å². The largest absolute Gasteiger partial charge is 0.497 e. The molecule has 1 saturated heterocycles. The summed E-state index contributed by atoms with van der Waals surface area (Å²) in [4.78, 5) is 17.2. The van der Waals surface area contributed by atoms with Gasteiger partial charge in [0.05, 0.1) is 12.1 Å². The van der Waals surface area contributed by atoms with Crippen molar-refractivity contribution in [2.45, 2.75) is 13.0 Å². The third-order valence-corrected chi connectivity index (χ3v) is 5.40. The van der Waals surface area contributed by atoms with Crippen LogP contribution < -0.4 is 14.2 Å². The summed E-state index contributed by atoms with van der Waals surface area (Å²) in [5, 5.41) is 0.411. The van der Waals surface area contributed by atoms with Gasteiger partial charge in [-0.3, -0.25) is 9.69 Å². The summed E-state index contributed by atoms with van der Waals surface area (Å²) in [5.41, 5.74) is 1.78. The maximum Gasteiger partial charge on any atom is 0.254 e. The van der Waals surface area contributed by atoms with Crippen LogP contribution in [0.4, 0.5) is 0 Å². The minimum atomic E-state index is -0.0218. The zero-order chi connectivity index (χ0) is 19.5. The molecule has 2 aliphatic heterocycles. The van der Waals surface area contributed by atoms with Crippen LogP contribution in [0.5, 0.6) is 17.2 Å². The van der Waals surface area contributed by atoms with Crippen LogP contribution in [0.2, 0.25) is 5.02 Å². The molecule has 2 aliphatic rings. The third-order valence-electron chi connectivity index (χ3n) is 5.12. The molecular weight excluding hydrogens is 380 g/mol. The average molecular weight is 403 g/mol. The van der Waals surface area contributed by atoms with Crippen LogP contribution in [0.3, 0.4) is 0 Å². The molecule has 0 saturated carbocycles. The number of rotatable bonds is 4. The van der Waals surface area contributed by atoms with Crippen LogP contribution >= 0.6 is 11.6 Å². The molecule has 0 bridgehead atoms. The second-order valence-corrected chi connectivity index (χ2v) is 7.37. The van der Waals surface area contributed by atoms with Gasteiger partial charge in [0, 0.05) is 38.3 Å². The summed E-state index contributed by atoms with van der Waals surface area (Å²) < 4.78 is 15.9. The molecule has 0 aromatic heterocycles. The van der Waals surface area contributed by atoms with E-state index >= 15 is 0 Å². The lowest BCUT2D eigenvalue weighted by molar-refractivity contribution is 0.0760. The number of ether oxygens (including phenoxy) is 3. The number of carbonyl (C=O) groups excluding carboxylic acids is 1. The zero-order valence-electron chi connectivity index (χ0n) is 15.8. The van der Waals surface area contributed by atoms with Crippen LogP contribution in [0.15, 0.2) is 36.4 Å². The molecule has 0 aliphatic carbocycles. The van der Waals surface area contributed by atoms with Crippen molar-refractivity contribution in [1.29, 1.82) is 0 Å². The standard InChI is InChI=1S/C21H23ClN2O4/c1-26-17-5-3-15(4-6-17)13-23-7-2-8-24(10-9-23)21(25)16-11-18(22)20-19(12-16)27-14-28-20/h3-6,11-12H,2,7-10,13-14H2,1H3. The average Bonchev–Trinajstić information content (AvgIpc) is 3.08. The number of halogens is 1. The Kier molecular flexibility index (Phi) is 5.59. The van der Waals surface area contributed by atoms with Crippen molar-refractivity contribution in [2.24, 2.45) is 0 Å². The van der Waals surface area contributed by atoms with Gasteiger partial charge in [0.15, 0.2) is 11.5 Å². The number of hydrogen-bond acceptors (Lipinski definition) is 5. The molecule has 0 spiro atoms. The summed E-state index contributed by atoms with van der Waals surface area (Å²) in [5.74, 6) is 1.89. The van der Waals surface area contributed by atoms with Gasteiger partial charge in [-0.25, -0.2) is 0 Å². The Morgan fingerprint density at radius 3 is 2.71 bits per heavy atom. The Bertz CT molecular complexity index is 856. The summed E-state index contributed by atoms with van der Waals surface area (Å²) in [7, 11) is 1.67. The van der Waals surface area contributed by atoms with Crippen LogP contribution in [-0.2, 0) is 6.54 Å². The van der Waals surface area contributed by atoms with E-state index in [4.69, 9.17) is 25.8 Å². The van der Waals surface area contributed by atoms with Gasteiger partial charge in [0.1, 0.15) is 5.75 Å². The molecular formula is C21H23ClN2O4. The molecule has 2 heterocycles. The monoisotopic (exact) mass is 402 g/mol. The molecule has 7 heteroatoms. The lowest BCUT2D eigenvalue weighted by atomic mass is 10.1. The van der Waals surface area contributed by atoms with E-state index in [9.17, 15) is 4.79 Å². The predicted octanol–water partition coefficient (Wildman–Crippen LogP) is 3.43. The number of methoxy groups -OCH3 is 1. The Labute approximate surface area is 169 Å². The number of carbonyl (C=O) groups is 1. The molecule has 0 atom stereocenters. The molecule has 4 rings (SSSR count). The highest BCUT2D eigenvalue weighted by molar-refractivity contribution is 6.32. The first-order valence-electron chi connectivity index (χ1n) is 9.38. The van der Waals surface area contributed by atoms with Gasteiger partial charge in [0.2, 0.25) is 6.79 Å². The number of fused-ring (bicyclic) bond motifs is 1. The molecule has 2 aromatic rings. The Morgan fingerprint density at radius 2 is 1.93 bits per heavy atom. The van der Waals surface area contributed by atoms with Gasteiger partial charge in [-0.1, -0.05) is 23.7 Å². The molecule has 1 amide bonds. The third kappa shape index (κ3) is 4.03. The minimum Gasteiger partial charge on any atom is -0.497 e. The van der Waals surface area contributed by atoms with Crippen molar-refractivity contribution < 1.29 is 19.0 Å². The van der Waals surface area contributed by atoms with Crippen LogP contribution in [0, 0.1) is 0 Å². The summed E-state index contributed by atoms with van der Waals surface area (Å²) in [6.07, 6.45) is 0.931. The fourth-order valence-corrected chi connectivity index (χ4v) is 3.86. The first-order valence-corrected chi connectivity index (χ1v) is 9.75. The number of benzene rings is 2. The van der Waals surface area contributed by atoms with Gasteiger partial charge in [-0.2, -0.15) is 0 Å². The van der Waals surface area contributed by atoms with E-state index in [0.717, 1.165) is 38.3 Å². The number of hydrogen-bond donors (Lipinski definition) is 0. The highest BCUT2D eigenvalue weighted by Gasteiger charge is 2.25. The van der Waals surface area contributed by atoms with Crippen LogP contribution in [0.1, 0.15) is 22.3 Å². The molecule has 0 radical (unpaired) electrons. The van der Waals surface area contributed by atoms with Gasteiger partial charge in [-0.15, -0.1) is 0 Å². The highest BCUT2D eigenvalue weighted by Crippen LogP contribution is 2.40. The van der Waals surface area contributed by atoms with Crippen LogP contribution in [-0.4, -0.2) is 55.8 Å². The summed E-state index contributed by atoms with van der Waals surface area (Å²) in [6, 6.07) is 11.5. The first-order chi connectivity index (χ1) is 13.6. The molecule has 2 aromatic carbocycles. The smallest absolute Gasteiger partial charge is 0.254 e. The van der Waals surface area contributed by atoms with E-state index in [2.05, 4.69) is 17.0 Å². The first kappa shape index (κ1) is 18.9. The second-order valence-electron chi connectivity index (χ2n) is 6.96. The van der Waals surface area contributed by atoms with Gasteiger partial charge < -0.3 is 19.1 Å². The Morgan fingerprint density at radius 1 is 1.11 bits per heavy atom. The molecule has 148 valence electrons. The van der Waals surface area contributed by atoms with Gasteiger partial charge in [0.25, 0.3) is 5.91 Å². The fraction of sp³-hybridized carbons (Fsp3) is 0.381. The van der Waals surface area contributed by atoms with Gasteiger partial charge in [-0.05, 0) is 36.2 Å². The van der Waals surface area contributed by atoms with Crippen molar-refractivity contribution >= 4 is 17.5 Å². The zero-order valence-corrected chi connectivity index (χ0v) is 16.6. The molecule has 1 fully saturated rings. The summed E-state index contributed by atoms with van der Waals surface area (Å²) in [6.45, 7) is 4.19. The molecule has 6 nitrogen and oxygen atoms in total. The van der Waals surface area contributed by atoms with Crippen molar-refractivity contribution in [3.05, 3.63) is 52.5 Å². The minimum absolute atomic E-state index is 0.0218. The maximum absolute atomic E-state index is 13.0. The van der Waals surface area contributed by atoms with Crippen molar-refractivity contribution in [2.75, 3.05) is 40.1 Å². The normalized spacial score (nSPS) is 16.7.